The fourth-order valence-corrected chi connectivity index (χ4v) is 5.74. The third kappa shape index (κ3) is 3.76. The van der Waals surface area contributed by atoms with E-state index in [0.717, 1.165) is 44.5 Å². The summed E-state index contributed by atoms with van der Waals surface area (Å²) in [6.45, 7) is 4.77. The quantitative estimate of drug-likeness (QED) is 0.666. The first kappa shape index (κ1) is 20.3. The lowest BCUT2D eigenvalue weighted by molar-refractivity contribution is -0.127. The van der Waals surface area contributed by atoms with E-state index in [9.17, 15) is 4.79 Å². The van der Waals surface area contributed by atoms with Crippen molar-refractivity contribution < 1.29 is 4.79 Å². The summed E-state index contributed by atoms with van der Waals surface area (Å²) in [5.41, 5.74) is 5.30. The van der Waals surface area contributed by atoms with Gasteiger partial charge in [0.05, 0.1) is 5.92 Å². The third-order valence-corrected chi connectivity index (χ3v) is 7.16. The largest absolute Gasteiger partial charge is 0.355 e. The Morgan fingerprint density at radius 1 is 1.23 bits per heavy atom. The molecule has 5 heteroatoms. The van der Waals surface area contributed by atoms with Gasteiger partial charge in [-0.2, -0.15) is 0 Å². The van der Waals surface area contributed by atoms with Gasteiger partial charge in [0.1, 0.15) is 0 Å². The molecule has 1 N–H and O–H groups in total. The molecule has 1 aliphatic heterocycles. The highest BCUT2D eigenvalue weighted by molar-refractivity contribution is 5.89. The molecule has 5 rings (SSSR count). The molecule has 2 aliphatic rings. The number of hydrogen-bond acceptors (Lipinski definition) is 3. The van der Waals surface area contributed by atoms with Crippen molar-refractivity contribution in [1.82, 2.24) is 19.8 Å². The van der Waals surface area contributed by atoms with Crippen LogP contribution in [-0.4, -0.2) is 46.5 Å². The predicted octanol–water partition coefficient (Wildman–Crippen LogP) is 3.77. The first-order valence-corrected chi connectivity index (χ1v) is 11.6. The number of nitrogens with one attached hydrogen (secondary N) is 1. The van der Waals surface area contributed by atoms with Crippen LogP contribution in [0.1, 0.15) is 42.5 Å². The average molecular weight is 417 g/mol. The molecule has 0 spiro atoms. The van der Waals surface area contributed by atoms with Crippen molar-refractivity contribution in [2.75, 3.05) is 20.1 Å². The molecule has 2 aromatic heterocycles. The van der Waals surface area contributed by atoms with Crippen LogP contribution >= 0.6 is 0 Å². The maximum Gasteiger partial charge on any atom is 0.224 e. The van der Waals surface area contributed by atoms with Crippen LogP contribution in [0.3, 0.4) is 0 Å². The Kier molecular flexibility index (Phi) is 5.53. The zero-order valence-electron chi connectivity index (χ0n) is 18.6. The number of aromatic nitrogens is 2. The molecule has 3 atom stereocenters. The van der Waals surface area contributed by atoms with Crippen LogP contribution in [0.2, 0.25) is 0 Å². The minimum absolute atomic E-state index is 0.0320. The van der Waals surface area contributed by atoms with Crippen LogP contribution in [0.25, 0.3) is 10.9 Å². The van der Waals surface area contributed by atoms with Crippen molar-refractivity contribution >= 4 is 16.8 Å². The number of likely N-dealkylation sites (tertiary alicyclic amines) is 1. The van der Waals surface area contributed by atoms with E-state index in [1.54, 1.807) is 6.20 Å². The van der Waals surface area contributed by atoms with Crippen molar-refractivity contribution in [3.63, 3.8) is 0 Å². The minimum atomic E-state index is 0.0320. The number of aryl methyl sites for hydroxylation is 1. The van der Waals surface area contributed by atoms with Crippen LogP contribution in [0.4, 0.5) is 0 Å². The molecule has 1 fully saturated rings. The molecule has 0 saturated carbocycles. The van der Waals surface area contributed by atoms with Gasteiger partial charge in [0, 0.05) is 67.0 Å². The Bertz CT molecular complexity index is 1070. The first-order valence-electron chi connectivity index (χ1n) is 11.6. The van der Waals surface area contributed by atoms with Gasteiger partial charge in [-0.3, -0.25) is 9.78 Å². The van der Waals surface area contributed by atoms with Crippen molar-refractivity contribution in [3.05, 3.63) is 65.6 Å². The van der Waals surface area contributed by atoms with Gasteiger partial charge in [-0.1, -0.05) is 25.1 Å². The highest BCUT2D eigenvalue weighted by Crippen LogP contribution is 2.45. The molecular weight excluding hydrogens is 384 g/mol. The number of rotatable bonds is 6. The number of likely N-dealkylation sites (N-methyl/N-ethyl adjacent to an activating group) is 1. The lowest BCUT2D eigenvalue weighted by atomic mass is 9.72. The maximum atomic E-state index is 13.0. The Labute approximate surface area is 184 Å². The molecule has 1 unspecified atom stereocenters. The monoisotopic (exact) mass is 416 g/mol. The normalized spacial score (nSPS) is 23.0. The van der Waals surface area contributed by atoms with Crippen LogP contribution < -0.4 is 5.32 Å². The van der Waals surface area contributed by atoms with Crippen LogP contribution in [0.15, 0.2) is 48.8 Å². The van der Waals surface area contributed by atoms with Gasteiger partial charge in [-0.15, -0.1) is 0 Å². The zero-order chi connectivity index (χ0) is 21.4. The van der Waals surface area contributed by atoms with Crippen molar-refractivity contribution in [3.8, 4) is 0 Å². The van der Waals surface area contributed by atoms with E-state index in [-0.39, 0.29) is 11.8 Å². The topological polar surface area (TPSA) is 50.2 Å². The Hall–Kier alpha value is -2.66. The number of benzene rings is 1. The molecule has 0 radical (unpaired) electrons. The van der Waals surface area contributed by atoms with Crippen LogP contribution in [0.5, 0.6) is 0 Å². The number of nitrogens with zero attached hydrogens (tertiary/aromatic N) is 3. The first-order chi connectivity index (χ1) is 15.2. The van der Waals surface area contributed by atoms with E-state index in [2.05, 4.69) is 58.1 Å². The molecule has 1 amide bonds. The molecule has 1 aromatic carbocycles. The highest BCUT2D eigenvalue weighted by Gasteiger charge is 2.41. The summed E-state index contributed by atoms with van der Waals surface area (Å²) in [4.78, 5) is 19.8. The Balaban J connectivity index is 1.34. The molecular formula is C26H32N4O. The van der Waals surface area contributed by atoms with Gasteiger partial charge in [-0.25, -0.2) is 0 Å². The van der Waals surface area contributed by atoms with Gasteiger partial charge in [-0.05, 0) is 55.6 Å². The number of fused-ring (bicyclic) bond motifs is 2. The summed E-state index contributed by atoms with van der Waals surface area (Å²) in [6.07, 6.45) is 8.11. The van der Waals surface area contributed by atoms with E-state index in [4.69, 9.17) is 0 Å². The van der Waals surface area contributed by atoms with E-state index in [0.29, 0.717) is 18.5 Å². The fourth-order valence-electron chi connectivity index (χ4n) is 5.74. The molecule has 1 saturated heterocycles. The number of hydrogen-bond donors (Lipinski definition) is 1. The van der Waals surface area contributed by atoms with Crippen LogP contribution in [0, 0.1) is 5.92 Å². The smallest absolute Gasteiger partial charge is 0.224 e. The maximum absolute atomic E-state index is 13.0. The van der Waals surface area contributed by atoms with E-state index >= 15 is 0 Å². The van der Waals surface area contributed by atoms with E-state index in [1.165, 1.54) is 22.0 Å². The number of pyridine rings is 1. The molecule has 162 valence electrons. The van der Waals surface area contributed by atoms with Crippen LogP contribution in [-0.2, 0) is 24.2 Å². The second-order valence-electron chi connectivity index (χ2n) is 9.20. The molecule has 3 heterocycles. The number of carbonyl (C=O) groups is 1. The molecule has 3 aromatic rings. The summed E-state index contributed by atoms with van der Waals surface area (Å²) in [5, 5.41) is 4.62. The SMILES string of the molecule is CCCn1cc2c3c(cccc31)C1C[C@@H](C(=O)NCCc3ccccn3)CN(C)[C@@H]1C2. The van der Waals surface area contributed by atoms with E-state index in [1.807, 2.05) is 18.2 Å². The van der Waals surface area contributed by atoms with Gasteiger partial charge < -0.3 is 14.8 Å². The molecule has 5 nitrogen and oxygen atoms in total. The minimum Gasteiger partial charge on any atom is -0.355 e. The summed E-state index contributed by atoms with van der Waals surface area (Å²) < 4.78 is 2.42. The number of amides is 1. The summed E-state index contributed by atoms with van der Waals surface area (Å²) >= 11 is 0. The van der Waals surface area contributed by atoms with Gasteiger partial charge in [0.2, 0.25) is 5.91 Å². The van der Waals surface area contributed by atoms with Gasteiger partial charge in [0.25, 0.3) is 0 Å². The standard InChI is InChI=1S/C26H32N4O/c1-3-13-30-17-18-15-24-22(21-8-6-9-23(30)25(18)21)14-19(16-29(24)2)26(31)28-12-10-20-7-4-5-11-27-20/h4-9,11,17,19,22,24H,3,10,12-16H2,1-2H3,(H,28,31)/t19-,22?,24-/m1/s1. The lowest BCUT2D eigenvalue weighted by Gasteiger charge is -2.45. The Morgan fingerprint density at radius 2 is 2.13 bits per heavy atom. The lowest BCUT2D eigenvalue weighted by Crippen LogP contribution is -2.51. The zero-order valence-corrected chi connectivity index (χ0v) is 18.6. The van der Waals surface area contributed by atoms with Crippen molar-refractivity contribution in [2.45, 2.75) is 51.1 Å². The van der Waals surface area contributed by atoms with Crippen molar-refractivity contribution in [2.24, 2.45) is 5.92 Å². The van der Waals surface area contributed by atoms with Crippen molar-refractivity contribution in [1.29, 1.82) is 0 Å². The fraction of sp³-hybridized carbons (Fsp3) is 0.462. The average Bonchev–Trinajstić information content (AvgIpc) is 3.14. The molecule has 1 aliphatic carbocycles. The summed E-state index contributed by atoms with van der Waals surface area (Å²) in [7, 11) is 2.19. The number of carbonyl (C=O) groups excluding carboxylic acids is 1. The second-order valence-corrected chi connectivity index (χ2v) is 9.20. The van der Waals surface area contributed by atoms with Gasteiger partial charge in [0.15, 0.2) is 0 Å². The predicted molar refractivity (Wildman–Crippen MR) is 124 cm³/mol. The summed E-state index contributed by atoms with van der Waals surface area (Å²) in [6, 6.07) is 13.2. The third-order valence-electron chi connectivity index (χ3n) is 7.16. The molecule has 31 heavy (non-hydrogen) atoms. The van der Waals surface area contributed by atoms with Gasteiger partial charge >= 0.3 is 0 Å². The Morgan fingerprint density at radius 3 is 2.94 bits per heavy atom. The number of piperidine rings is 1. The van der Waals surface area contributed by atoms with E-state index < -0.39 is 0 Å². The summed E-state index contributed by atoms with van der Waals surface area (Å²) in [5.74, 6) is 0.631. The highest BCUT2D eigenvalue weighted by atomic mass is 16.1. The molecule has 0 bridgehead atoms. The second kappa shape index (κ2) is 8.46.